The molecule has 0 saturated heterocycles. The van der Waals surface area contributed by atoms with Crippen molar-refractivity contribution in [2.45, 2.75) is 19.9 Å². The molecule has 0 aliphatic carbocycles. The van der Waals surface area contributed by atoms with Gasteiger partial charge in [0.1, 0.15) is 5.82 Å². The molecule has 0 radical (unpaired) electrons. The molecule has 0 bridgehead atoms. The van der Waals surface area contributed by atoms with Gasteiger partial charge in [-0.15, -0.1) is 10.2 Å². The van der Waals surface area contributed by atoms with Crippen molar-refractivity contribution in [3.8, 4) is 0 Å². The van der Waals surface area contributed by atoms with Gasteiger partial charge in [-0.05, 0) is 18.6 Å². The van der Waals surface area contributed by atoms with Crippen LogP contribution in [0.3, 0.4) is 0 Å². The maximum Gasteiger partial charge on any atom is 0.273 e. The SMILES string of the molecule is CCc1nn(C)cc1CNc1ccc(C(=O)N(C)C)nn1. The van der Waals surface area contributed by atoms with Crippen LogP contribution in [0.5, 0.6) is 0 Å². The minimum Gasteiger partial charge on any atom is -0.364 e. The smallest absolute Gasteiger partial charge is 0.273 e. The molecule has 7 heteroatoms. The van der Waals surface area contributed by atoms with E-state index in [9.17, 15) is 4.79 Å². The zero-order valence-corrected chi connectivity index (χ0v) is 12.8. The Hall–Kier alpha value is -2.44. The van der Waals surface area contributed by atoms with Gasteiger partial charge in [0.05, 0.1) is 5.69 Å². The van der Waals surface area contributed by atoms with Gasteiger partial charge in [0, 0.05) is 39.4 Å². The number of nitrogens with zero attached hydrogens (tertiary/aromatic N) is 5. The average molecular weight is 288 g/mol. The van der Waals surface area contributed by atoms with Gasteiger partial charge in [-0.3, -0.25) is 9.48 Å². The van der Waals surface area contributed by atoms with Gasteiger partial charge in [0.2, 0.25) is 0 Å². The molecule has 0 aliphatic heterocycles. The number of nitrogens with one attached hydrogen (secondary N) is 1. The molecule has 112 valence electrons. The largest absolute Gasteiger partial charge is 0.364 e. The van der Waals surface area contributed by atoms with Crippen molar-refractivity contribution in [3.63, 3.8) is 0 Å². The molecule has 0 atom stereocenters. The second kappa shape index (κ2) is 6.34. The van der Waals surface area contributed by atoms with E-state index in [1.165, 1.54) is 4.90 Å². The molecule has 2 heterocycles. The first kappa shape index (κ1) is 15.0. The average Bonchev–Trinajstić information content (AvgIpc) is 2.85. The maximum absolute atomic E-state index is 11.7. The van der Waals surface area contributed by atoms with E-state index in [2.05, 4.69) is 27.5 Å². The first-order valence-corrected chi connectivity index (χ1v) is 6.82. The van der Waals surface area contributed by atoms with Crippen LogP contribution in [0.1, 0.15) is 28.7 Å². The van der Waals surface area contributed by atoms with Crippen LogP contribution >= 0.6 is 0 Å². The minimum atomic E-state index is -0.158. The van der Waals surface area contributed by atoms with Crippen LogP contribution in [0.2, 0.25) is 0 Å². The second-order valence-electron chi connectivity index (χ2n) is 4.99. The predicted octanol–water partition coefficient (Wildman–Crippen LogP) is 1.09. The Labute approximate surface area is 124 Å². The van der Waals surface area contributed by atoms with Crippen LogP contribution in [-0.2, 0) is 20.0 Å². The van der Waals surface area contributed by atoms with Gasteiger partial charge in [-0.25, -0.2) is 0 Å². The van der Waals surface area contributed by atoms with Crippen LogP contribution in [0, 0.1) is 0 Å². The highest BCUT2D eigenvalue weighted by molar-refractivity contribution is 5.91. The first-order valence-electron chi connectivity index (χ1n) is 6.82. The van der Waals surface area contributed by atoms with Crippen molar-refractivity contribution in [1.82, 2.24) is 24.9 Å². The van der Waals surface area contributed by atoms with Gasteiger partial charge in [0.25, 0.3) is 5.91 Å². The summed E-state index contributed by atoms with van der Waals surface area (Å²) in [6.07, 6.45) is 2.88. The zero-order valence-electron chi connectivity index (χ0n) is 12.8. The Morgan fingerprint density at radius 2 is 2.10 bits per heavy atom. The van der Waals surface area contributed by atoms with Gasteiger partial charge in [-0.1, -0.05) is 6.92 Å². The van der Waals surface area contributed by atoms with E-state index in [4.69, 9.17) is 0 Å². The van der Waals surface area contributed by atoms with Gasteiger partial charge >= 0.3 is 0 Å². The summed E-state index contributed by atoms with van der Waals surface area (Å²) < 4.78 is 1.81. The summed E-state index contributed by atoms with van der Waals surface area (Å²) in [5, 5.41) is 15.5. The maximum atomic E-state index is 11.7. The van der Waals surface area contributed by atoms with E-state index in [1.807, 2.05) is 13.2 Å². The van der Waals surface area contributed by atoms with E-state index in [0.29, 0.717) is 18.1 Å². The highest BCUT2D eigenvalue weighted by Gasteiger charge is 2.10. The van der Waals surface area contributed by atoms with Crippen molar-refractivity contribution in [3.05, 3.63) is 35.3 Å². The normalized spacial score (nSPS) is 10.5. The van der Waals surface area contributed by atoms with Gasteiger partial charge in [0.15, 0.2) is 5.69 Å². The molecule has 1 N–H and O–H groups in total. The highest BCUT2D eigenvalue weighted by Crippen LogP contribution is 2.10. The quantitative estimate of drug-likeness (QED) is 0.891. The number of anilines is 1. The summed E-state index contributed by atoms with van der Waals surface area (Å²) in [5.74, 6) is 0.478. The summed E-state index contributed by atoms with van der Waals surface area (Å²) in [6.45, 7) is 2.71. The summed E-state index contributed by atoms with van der Waals surface area (Å²) in [4.78, 5) is 13.2. The van der Waals surface area contributed by atoms with E-state index >= 15 is 0 Å². The topological polar surface area (TPSA) is 75.9 Å². The molecule has 1 amide bonds. The number of amides is 1. The van der Waals surface area contributed by atoms with Gasteiger partial charge < -0.3 is 10.2 Å². The summed E-state index contributed by atoms with van der Waals surface area (Å²) in [7, 11) is 5.28. The number of aryl methyl sites for hydroxylation is 2. The fraction of sp³-hybridized carbons (Fsp3) is 0.429. The van der Waals surface area contributed by atoms with Crippen LogP contribution < -0.4 is 5.32 Å². The number of rotatable bonds is 5. The second-order valence-corrected chi connectivity index (χ2v) is 4.99. The lowest BCUT2D eigenvalue weighted by molar-refractivity contribution is 0.0821. The molecule has 0 saturated carbocycles. The Morgan fingerprint density at radius 3 is 2.67 bits per heavy atom. The molecule has 0 aromatic carbocycles. The van der Waals surface area contributed by atoms with Crippen molar-refractivity contribution in [1.29, 1.82) is 0 Å². The number of carbonyl (C=O) groups is 1. The molecular weight excluding hydrogens is 268 g/mol. The van der Waals surface area contributed by atoms with Crippen LogP contribution in [-0.4, -0.2) is 44.9 Å². The van der Waals surface area contributed by atoms with E-state index in [-0.39, 0.29) is 5.91 Å². The lowest BCUT2D eigenvalue weighted by Gasteiger charge is -2.09. The highest BCUT2D eigenvalue weighted by atomic mass is 16.2. The standard InChI is InChI=1S/C14H20N6O/c1-5-11-10(9-20(4)18-11)8-15-13-7-6-12(16-17-13)14(21)19(2)3/h6-7,9H,5,8H2,1-4H3,(H,15,17). The van der Waals surface area contributed by atoms with E-state index in [1.54, 1.807) is 30.9 Å². The number of carbonyl (C=O) groups excluding carboxylic acids is 1. The molecule has 2 rings (SSSR count). The molecule has 0 aliphatic rings. The molecule has 7 nitrogen and oxygen atoms in total. The van der Waals surface area contributed by atoms with Gasteiger partial charge in [-0.2, -0.15) is 5.10 Å². The third-order valence-electron chi connectivity index (χ3n) is 3.08. The first-order chi connectivity index (χ1) is 10.0. The molecule has 21 heavy (non-hydrogen) atoms. The molecule has 0 fully saturated rings. The summed E-state index contributed by atoms with van der Waals surface area (Å²) in [5.41, 5.74) is 2.54. The van der Waals surface area contributed by atoms with Crippen molar-refractivity contribution in [2.75, 3.05) is 19.4 Å². The lowest BCUT2D eigenvalue weighted by atomic mass is 10.2. The van der Waals surface area contributed by atoms with Crippen molar-refractivity contribution < 1.29 is 4.79 Å². The van der Waals surface area contributed by atoms with Crippen LogP contribution in [0.25, 0.3) is 0 Å². The Kier molecular flexibility index (Phi) is 4.52. The lowest BCUT2D eigenvalue weighted by Crippen LogP contribution is -2.23. The molecule has 2 aromatic heterocycles. The van der Waals surface area contributed by atoms with E-state index in [0.717, 1.165) is 17.7 Å². The zero-order chi connectivity index (χ0) is 15.4. The minimum absolute atomic E-state index is 0.158. The molecule has 0 spiro atoms. The third kappa shape index (κ3) is 3.56. The molecular formula is C14H20N6O. The van der Waals surface area contributed by atoms with Crippen molar-refractivity contribution >= 4 is 11.7 Å². The summed E-state index contributed by atoms with van der Waals surface area (Å²) >= 11 is 0. The number of aromatic nitrogens is 4. The monoisotopic (exact) mass is 288 g/mol. The fourth-order valence-electron chi connectivity index (χ4n) is 1.98. The van der Waals surface area contributed by atoms with Crippen LogP contribution in [0.15, 0.2) is 18.3 Å². The van der Waals surface area contributed by atoms with Crippen LogP contribution in [0.4, 0.5) is 5.82 Å². The Balaban J connectivity index is 2.02. The predicted molar refractivity (Wildman–Crippen MR) is 80.0 cm³/mol. The van der Waals surface area contributed by atoms with Crippen molar-refractivity contribution in [2.24, 2.45) is 7.05 Å². The molecule has 0 unspecified atom stereocenters. The number of hydrogen-bond acceptors (Lipinski definition) is 5. The Morgan fingerprint density at radius 1 is 1.33 bits per heavy atom. The Bertz CT molecular complexity index is 617. The summed E-state index contributed by atoms with van der Waals surface area (Å²) in [6, 6.07) is 3.42. The third-order valence-corrected chi connectivity index (χ3v) is 3.08. The number of hydrogen-bond donors (Lipinski definition) is 1. The fourth-order valence-corrected chi connectivity index (χ4v) is 1.98. The van der Waals surface area contributed by atoms with E-state index < -0.39 is 0 Å². The molecule has 2 aromatic rings.